The molecule has 0 amide bonds. The number of carbonyl (C=O) groups is 1. The van der Waals surface area contributed by atoms with Crippen molar-refractivity contribution >= 4 is 34.6 Å². The van der Waals surface area contributed by atoms with Crippen molar-refractivity contribution in [2.45, 2.75) is 13.3 Å². The zero-order valence-corrected chi connectivity index (χ0v) is 15.3. The molecule has 0 N–H and O–H groups in total. The zero-order valence-electron chi connectivity index (χ0n) is 14.5. The van der Waals surface area contributed by atoms with Gasteiger partial charge >= 0.3 is 5.97 Å². The maximum absolute atomic E-state index is 11.0. The number of hydrogen-bond donors (Lipinski definition) is 0. The molecule has 0 heterocycles. The third-order valence-corrected chi connectivity index (χ3v) is 4.15. The van der Waals surface area contributed by atoms with Crippen LogP contribution in [0.15, 0.2) is 84.9 Å². The molecule has 0 radical (unpaired) electrons. The minimum Gasteiger partial charge on any atom is -0.427 e. The van der Waals surface area contributed by atoms with Crippen molar-refractivity contribution in [3.63, 3.8) is 0 Å². The van der Waals surface area contributed by atoms with Gasteiger partial charge in [-0.2, -0.15) is 0 Å². The van der Waals surface area contributed by atoms with Crippen molar-refractivity contribution in [1.82, 2.24) is 0 Å². The van der Waals surface area contributed by atoms with Crippen LogP contribution in [0, 0.1) is 0 Å². The molecule has 0 spiro atoms. The summed E-state index contributed by atoms with van der Waals surface area (Å²) in [6.07, 6.45) is 0.611. The SMILES string of the molecule is CC(=O)Oc1ccc(CC(=S)N(c2ccccc2)c2ccccc2)cc1. The molecule has 0 atom stereocenters. The lowest BCUT2D eigenvalue weighted by Gasteiger charge is -2.25. The molecule has 3 aromatic carbocycles. The summed E-state index contributed by atoms with van der Waals surface area (Å²) in [4.78, 5) is 13.9. The highest BCUT2D eigenvalue weighted by Crippen LogP contribution is 2.27. The average Bonchev–Trinajstić information content (AvgIpc) is 2.65. The molecule has 0 aliphatic heterocycles. The average molecular weight is 361 g/mol. The molecular weight excluding hydrogens is 342 g/mol. The number of para-hydroxylation sites is 2. The summed E-state index contributed by atoms with van der Waals surface area (Å²) in [6, 6.07) is 27.6. The van der Waals surface area contributed by atoms with Gasteiger partial charge in [-0.05, 0) is 42.0 Å². The summed E-state index contributed by atoms with van der Waals surface area (Å²) in [6.45, 7) is 1.39. The quantitative estimate of drug-likeness (QED) is 0.349. The lowest BCUT2D eigenvalue weighted by molar-refractivity contribution is -0.131. The van der Waals surface area contributed by atoms with E-state index in [-0.39, 0.29) is 5.97 Å². The van der Waals surface area contributed by atoms with Gasteiger partial charge in [0.1, 0.15) is 5.75 Å². The van der Waals surface area contributed by atoms with Crippen molar-refractivity contribution in [2.75, 3.05) is 4.90 Å². The van der Waals surface area contributed by atoms with E-state index >= 15 is 0 Å². The number of benzene rings is 3. The summed E-state index contributed by atoms with van der Waals surface area (Å²) in [7, 11) is 0. The Morgan fingerprint density at radius 2 is 1.35 bits per heavy atom. The van der Waals surface area contributed by atoms with Gasteiger partial charge < -0.3 is 9.64 Å². The van der Waals surface area contributed by atoms with E-state index in [2.05, 4.69) is 4.90 Å². The maximum Gasteiger partial charge on any atom is 0.308 e. The highest BCUT2D eigenvalue weighted by atomic mass is 32.1. The monoisotopic (exact) mass is 361 g/mol. The topological polar surface area (TPSA) is 29.5 Å². The van der Waals surface area contributed by atoms with E-state index in [1.54, 1.807) is 12.1 Å². The van der Waals surface area contributed by atoms with Crippen molar-refractivity contribution in [1.29, 1.82) is 0 Å². The van der Waals surface area contributed by atoms with Gasteiger partial charge in [-0.25, -0.2) is 0 Å². The molecule has 26 heavy (non-hydrogen) atoms. The number of nitrogens with zero attached hydrogens (tertiary/aromatic N) is 1. The van der Waals surface area contributed by atoms with E-state index in [1.165, 1.54) is 6.92 Å². The van der Waals surface area contributed by atoms with Crippen LogP contribution >= 0.6 is 12.2 Å². The Morgan fingerprint density at radius 1 is 0.846 bits per heavy atom. The molecule has 4 heteroatoms. The molecular formula is C22H19NO2S. The van der Waals surface area contributed by atoms with E-state index in [0.29, 0.717) is 12.2 Å². The van der Waals surface area contributed by atoms with E-state index in [4.69, 9.17) is 17.0 Å². The van der Waals surface area contributed by atoms with Gasteiger partial charge in [0.25, 0.3) is 0 Å². The van der Waals surface area contributed by atoms with E-state index in [0.717, 1.165) is 21.9 Å². The predicted octanol–water partition coefficient (Wildman–Crippen LogP) is 5.32. The van der Waals surface area contributed by atoms with Crippen LogP contribution in [-0.4, -0.2) is 11.0 Å². The summed E-state index contributed by atoms with van der Waals surface area (Å²) in [5, 5.41) is 0. The van der Waals surface area contributed by atoms with Crippen LogP contribution in [0.4, 0.5) is 11.4 Å². The fraction of sp³-hybridized carbons (Fsp3) is 0.0909. The van der Waals surface area contributed by atoms with Gasteiger partial charge in [-0.3, -0.25) is 4.79 Å². The first-order valence-electron chi connectivity index (χ1n) is 8.34. The molecule has 0 aromatic heterocycles. The summed E-state index contributed by atoms with van der Waals surface area (Å²) >= 11 is 5.76. The maximum atomic E-state index is 11.0. The second-order valence-corrected chi connectivity index (χ2v) is 6.29. The smallest absolute Gasteiger partial charge is 0.308 e. The molecule has 3 aromatic rings. The first kappa shape index (κ1) is 17.8. The van der Waals surface area contributed by atoms with Gasteiger partial charge in [0.2, 0.25) is 0 Å². The normalized spacial score (nSPS) is 10.2. The molecule has 3 rings (SSSR count). The molecule has 130 valence electrons. The van der Waals surface area contributed by atoms with Crippen molar-refractivity contribution in [2.24, 2.45) is 0 Å². The number of hydrogen-bond acceptors (Lipinski definition) is 3. The highest BCUT2D eigenvalue weighted by molar-refractivity contribution is 7.80. The van der Waals surface area contributed by atoms with Crippen molar-refractivity contribution in [3.05, 3.63) is 90.5 Å². The largest absolute Gasteiger partial charge is 0.427 e. The van der Waals surface area contributed by atoms with Gasteiger partial charge in [0, 0.05) is 24.7 Å². The second-order valence-electron chi connectivity index (χ2n) is 5.81. The lowest BCUT2D eigenvalue weighted by atomic mass is 10.1. The fourth-order valence-corrected chi connectivity index (χ4v) is 3.06. The van der Waals surface area contributed by atoms with Crippen LogP contribution in [0.2, 0.25) is 0 Å². The molecule has 0 bridgehead atoms. The third kappa shape index (κ3) is 4.55. The first-order chi connectivity index (χ1) is 12.6. The van der Waals surface area contributed by atoms with Gasteiger partial charge in [0.15, 0.2) is 0 Å². The minimum absolute atomic E-state index is 0.326. The van der Waals surface area contributed by atoms with Crippen LogP contribution in [0.1, 0.15) is 12.5 Å². The van der Waals surface area contributed by atoms with Gasteiger partial charge in [-0.1, -0.05) is 60.7 Å². The van der Waals surface area contributed by atoms with Gasteiger partial charge in [-0.15, -0.1) is 0 Å². The number of rotatable bonds is 5. The Balaban J connectivity index is 1.83. The van der Waals surface area contributed by atoms with Crippen LogP contribution < -0.4 is 9.64 Å². The highest BCUT2D eigenvalue weighted by Gasteiger charge is 2.14. The van der Waals surface area contributed by atoms with E-state index in [1.807, 2.05) is 72.8 Å². The van der Waals surface area contributed by atoms with Crippen molar-refractivity contribution in [3.8, 4) is 5.75 Å². The van der Waals surface area contributed by atoms with Crippen LogP contribution in [-0.2, 0) is 11.2 Å². The molecule has 0 saturated carbocycles. The van der Waals surface area contributed by atoms with E-state index in [9.17, 15) is 4.79 Å². The number of thiocarbonyl (C=S) groups is 1. The number of anilines is 2. The molecule has 3 nitrogen and oxygen atoms in total. The minimum atomic E-state index is -0.326. The Morgan fingerprint density at radius 3 is 1.81 bits per heavy atom. The standard InChI is InChI=1S/C22H19NO2S/c1-17(24)25-21-14-12-18(13-15-21)16-22(26)23(19-8-4-2-5-9-19)20-10-6-3-7-11-20/h2-15H,16H2,1H3. The summed E-state index contributed by atoms with van der Waals surface area (Å²) in [5.74, 6) is 0.211. The second kappa shape index (κ2) is 8.41. The molecule has 0 saturated heterocycles. The molecule has 0 aliphatic rings. The van der Waals surface area contributed by atoms with Crippen LogP contribution in [0.5, 0.6) is 5.75 Å². The number of esters is 1. The summed E-state index contributed by atoms with van der Waals surface area (Å²) in [5.41, 5.74) is 3.11. The first-order valence-corrected chi connectivity index (χ1v) is 8.75. The number of ether oxygens (including phenoxy) is 1. The Kier molecular flexibility index (Phi) is 5.77. The van der Waals surface area contributed by atoms with Gasteiger partial charge in [0.05, 0.1) is 4.99 Å². The lowest BCUT2D eigenvalue weighted by Crippen LogP contribution is -2.25. The Hall–Kier alpha value is -2.98. The van der Waals surface area contributed by atoms with E-state index < -0.39 is 0 Å². The van der Waals surface area contributed by atoms with Crippen molar-refractivity contribution < 1.29 is 9.53 Å². The van der Waals surface area contributed by atoms with Crippen LogP contribution in [0.3, 0.4) is 0 Å². The molecule has 0 fully saturated rings. The molecule has 0 aliphatic carbocycles. The summed E-state index contributed by atoms with van der Waals surface area (Å²) < 4.78 is 5.08. The fourth-order valence-electron chi connectivity index (χ4n) is 2.69. The Labute approximate surface area is 158 Å². The molecule has 0 unspecified atom stereocenters. The number of carbonyl (C=O) groups excluding carboxylic acids is 1. The zero-order chi connectivity index (χ0) is 18.4. The Bertz CT molecular complexity index is 838. The third-order valence-electron chi connectivity index (χ3n) is 3.82. The van der Waals surface area contributed by atoms with Crippen LogP contribution in [0.25, 0.3) is 0 Å². The predicted molar refractivity (Wildman–Crippen MR) is 109 cm³/mol.